The van der Waals surface area contributed by atoms with Crippen molar-refractivity contribution >= 4 is 11.2 Å². The van der Waals surface area contributed by atoms with Gasteiger partial charge < -0.3 is 20.7 Å². The minimum Gasteiger partial charge on any atom is -0.616 e. The maximum absolute atomic E-state index is 13.3. The Morgan fingerprint density at radius 3 is 2.61 bits per heavy atom. The highest BCUT2D eigenvalue weighted by atomic mass is 32.2. The molecule has 1 aliphatic rings. The Morgan fingerprint density at radius 1 is 1.21 bits per heavy atom. The van der Waals surface area contributed by atoms with E-state index in [4.69, 9.17) is 5.73 Å². The van der Waals surface area contributed by atoms with Gasteiger partial charge in [0, 0.05) is 24.2 Å². The molecule has 0 radical (unpaired) electrons. The van der Waals surface area contributed by atoms with Gasteiger partial charge in [-0.25, -0.2) is 8.78 Å². The molecule has 1 heterocycles. The van der Waals surface area contributed by atoms with Gasteiger partial charge >= 0.3 is 0 Å². The SMILES string of the molecule is CCc1ccc2c(c1)[C@@H](NC[C@@H](O)[C@@H](N)Cc1cc(F)cc(F)c1)C[S+]([O-])C2. The van der Waals surface area contributed by atoms with Crippen LogP contribution < -0.4 is 11.1 Å². The van der Waals surface area contributed by atoms with Crippen LogP contribution in [0.4, 0.5) is 8.78 Å². The van der Waals surface area contributed by atoms with Gasteiger partial charge in [-0.1, -0.05) is 25.1 Å². The summed E-state index contributed by atoms with van der Waals surface area (Å²) in [5.74, 6) is -0.298. The molecule has 2 aromatic carbocycles. The van der Waals surface area contributed by atoms with E-state index in [1.165, 1.54) is 17.7 Å². The number of nitrogens with two attached hydrogens (primary N) is 1. The summed E-state index contributed by atoms with van der Waals surface area (Å²) in [6, 6.07) is 8.66. The highest BCUT2D eigenvalue weighted by Crippen LogP contribution is 2.29. The number of aliphatic hydroxyl groups excluding tert-OH is 1. The first-order chi connectivity index (χ1) is 13.4. The normalized spacial score (nSPS) is 21.2. The fraction of sp³-hybridized carbons (Fsp3) is 0.429. The molecule has 1 unspecified atom stereocenters. The number of halogens is 2. The van der Waals surface area contributed by atoms with Crippen LogP contribution in [0.2, 0.25) is 0 Å². The number of nitrogens with one attached hydrogen (secondary N) is 1. The smallest absolute Gasteiger partial charge is 0.131 e. The monoisotopic (exact) mass is 408 g/mol. The van der Waals surface area contributed by atoms with E-state index in [1.54, 1.807) is 0 Å². The van der Waals surface area contributed by atoms with Crippen LogP contribution in [0.15, 0.2) is 36.4 Å². The van der Waals surface area contributed by atoms with Gasteiger partial charge in [-0.05, 0) is 52.8 Å². The molecule has 0 bridgehead atoms. The molecule has 0 amide bonds. The molecule has 1 aliphatic heterocycles. The predicted molar refractivity (Wildman–Crippen MR) is 107 cm³/mol. The van der Waals surface area contributed by atoms with Gasteiger partial charge in [0.15, 0.2) is 0 Å². The van der Waals surface area contributed by atoms with Crippen molar-refractivity contribution < 1.29 is 18.4 Å². The second-order valence-electron chi connectivity index (χ2n) is 7.31. The zero-order chi connectivity index (χ0) is 20.3. The lowest BCUT2D eigenvalue weighted by Gasteiger charge is -2.30. The molecule has 4 nitrogen and oxygen atoms in total. The van der Waals surface area contributed by atoms with Crippen molar-refractivity contribution in [1.29, 1.82) is 0 Å². The number of hydrogen-bond acceptors (Lipinski definition) is 4. The Hall–Kier alpha value is -1.51. The molecule has 0 spiro atoms. The summed E-state index contributed by atoms with van der Waals surface area (Å²) in [7, 11) is 0. The Balaban J connectivity index is 1.63. The molecule has 3 rings (SSSR count). The lowest BCUT2D eigenvalue weighted by atomic mass is 9.97. The fourth-order valence-corrected chi connectivity index (χ4v) is 4.95. The van der Waals surface area contributed by atoms with Gasteiger partial charge in [0.25, 0.3) is 0 Å². The molecule has 0 aromatic heterocycles. The minimum atomic E-state index is -0.961. The molecule has 7 heteroatoms. The number of fused-ring (bicyclic) bond motifs is 1. The van der Waals surface area contributed by atoms with E-state index >= 15 is 0 Å². The summed E-state index contributed by atoms with van der Waals surface area (Å²) in [5.41, 5.74) is 9.83. The predicted octanol–water partition coefficient (Wildman–Crippen LogP) is 2.35. The second-order valence-corrected chi connectivity index (χ2v) is 8.81. The van der Waals surface area contributed by atoms with Crippen LogP contribution in [0, 0.1) is 11.6 Å². The Bertz CT molecular complexity index is 801. The maximum atomic E-state index is 13.3. The van der Waals surface area contributed by atoms with Gasteiger partial charge in [-0.15, -0.1) is 0 Å². The molecule has 0 fully saturated rings. The zero-order valence-electron chi connectivity index (χ0n) is 15.8. The summed E-state index contributed by atoms with van der Waals surface area (Å²) < 4.78 is 38.8. The van der Waals surface area contributed by atoms with Gasteiger partial charge in [-0.2, -0.15) is 0 Å². The standard InChI is InChI=1S/C21H26F2N2O2S/c1-2-13-3-4-15-11-28(27)12-20(18(15)7-13)25-10-21(26)19(24)8-14-5-16(22)9-17(23)6-14/h3-7,9,19-21,25-26H,2,8,10-12,24H2,1H3/t19-,20-,21+,28?/m0/s1. The molecule has 152 valence electrons. The zero-order valence-corrected chi connectivity index (χ0v) is 16.6. The molecule has 4 atom stereocenters. The van der Waals surface area contributed by atoms with Crippen molar-refractivity contribution in [3.63, 3.8) is 0 Å². The average molecular weight is 409 g/mol. The third-order valence-corrected chi connectivity index (χ3v) is 6.46. The van der Waals surface area contributed by atoms with Crippen molar-refractivity contribution in [3.05, 3.63) is 70.3 Å². The van der Waals surface area contributed by atoms with Gasteiger partial charge in [0.05, 0.1) is 12.1 Å². The lowest BCUT2D eigenvalue weighted by molar-refractivity contribution is 0.138. The summed E-state index contributed by atoms with van der Waals surface area (Å²) in [6.45, 7) is 2.29. The van der Waals surface area contributed by atoms with Crippen molar-refractivity contribution in [2.45, 2.75) is 43.7 Å². The van der Waals surface area contributed by atoms with Crippen molar-refractivity contribution in [2.24, 2.45) is 5.73 Å². The minimum absolute atomic E-state index is 0.121. The first-order valence-corrected chi connectivity index (χ1v) is 10.9. The van der Waals surface area contributed by atoms with Crippen molar-refractivity contribution in [1.82, 2.24) is 5.32 Å². The second kappa shape index (κ2) is 9.33. The number of aryl methyl sites for hydroxylation is 1. The lowest BCUT2D eigenvalue weighted by Crippen LogP contribution is -2.45. The van der Waals surface area contributed by atoms with Gasteiger partial charge in [-0.3, -0.25) is 0 Å². The van der Waals surface area contributed by atoms with Crippen molar-refractivity contribution in [3.8, 4) is 0 Å². The number of aliphatic hydroxyl groups is 1. The molecule has 2 aromatic rings. The average Bonchev–Trinajstić information content (AvgIpc) is 2.64. The third-order valence-electron chi connectivity index (χ3n) is 5.12. The molecular formula is C21H26F2N2O2S. The molecule has 0 saturated heterocycles. The first kappa shape index (κ1) is 21.2. The molecular weight excluding hydrogens is 382 g/mol. The Kier molecular flexibility index (Phi) is 7.06. The van der Waals surface area contributed by atoms with Crippen LogP contribution in [0.1, 0.15) is 35.2 Å². The van der Waals surface area contributed by atoms with Crippen LogP contribution in [0.3, 0.4) is 0 Å². The van der Waals surface area contributed by atoms with E-state index < -0.39 is 35.0 Å². The summed E-state index contributed by atoms with van der Waals surface area (Å²) in [5, 5.41) is 13.7. The van der Waals surface area contributed by atoms with Crippen LogP contribution in [-0.2, 0) is 29.8 Å². The van der Waals surface area contributed by atoms with Crippen LogP contribution in [0.5, 0.6) is 0 Å². The van der Waals surface area contributed by atoms with E-state index in [0.29, 0.717) is 17.1 Å². The summed E-state index contributed by atoms with van der Waals surface area (Å²) >= 11 is -0.961. The fourth-order valence-electron chi connectivity index (χ4n) is 3.55. The Morgan fingerprint density at radius 2 is 1.93 bits per heavy atom. The van der Waals surface area contributed by atoms with Crippen LogP contribution >= 0.6 is 0 Å². The number of rotatable bonds is 7. The highest BCUT2D eigenvalue weighted by Gasteiger charge is 2.29. The van der Waals surface area contributed by atoms with E-state index in [-0.39, 0.29) is 19.0 Å². The Labute approximate surface area is 167 Å². The van der Waals surface area contributed by atoms with Crippen LogP contribution in [0.25, 0.3) is 0 Å². The molecule has 28 heavy (non-hydrogen) atoms. The summed E-state index contributed by atoms with van der Waals surface area (Å²) in [4.78, 5) is 0. The molecule has 0 aliphatic carbocycles. The number of hydrogen-bond donors (Lipinski definition) is 3. The molecule has 0 saturated carbocycles. The quantitative estimate of drug-likeness (QED) is 0.615. The van der Waals surface area contributed by atoms with E-state index in [0.717, 1.165) is 23.6 Å². The highest BCUT2D eigenvalue weighted by molar-refractivity contribution is 7.90. The molecule has 4 N–H and O–H groups in total. The van der Waals surface area contributed by atoms with Crippen LogP contribution in [-0.4, -0.2) is 34.1 Å². The third kappa shape index (κ3) is 5.30. The first-order valence-electron chi connectivity index (χ1n) is 9.44. The largest absolute Gasteiger partial charge is 0.616 e. The topological polar surface area (TPSA) is 81.3 Å². The summed E-state index contributed by atoms with van der Waals surface area (Å²) in [6.07, 6.45) is 0.172. The van der Waals surface area contributed by atoms with E-state index in [9.17, 15) is 18.4 Å². The van der Waals surface area contributed by atoms with E-state index in [2.05, 4.69) is 24.4 Å². The maximum Gasteiger partial charge on any atom is 0.131 e. The van der Waals surface area contributed by atoms with Gasteiger partial charge in [0.2, 0.25) is 0 Å². The van der Waals surface area contributed by atoms with Gasteiger partial charge in [0.1, 0.15) is 23.1 Å². The number of benzene rings is 2. The van der Waals surface area contributed by atoms with E-state index in [1.807, 2.05) is 6.07 Å². The van der Waals surface area contributed by atoms with Crippen molar-refractivity contribution in [2.75, 3.05) is 12.3 Å².